The smallest absolute Gasteiger partial charge is 0.227 e. The maximum atomic E-state index is 14.3. The molecular weight excluding hydrogens is 421 g/mol. The molecule has 1 atom stereocenters. The molecule has 9 nitrogen and oxygen atoms in total. The van der Waals surface area contributed by atoms with Crippen molar-refractivity contribution in [3.05, 3.63) is 53.7 Å². The number of fused-ring (bicyclic) bond motifs is 1. The second kappa shape index (κ2) is 8.78. The minimum Gasteiger partial charge on any atom is -0.335 e. The molecule has 0 aliphatic heterocycles. The number of nitrogens with zero attached hydrogens (tertiary/aromatic N) is 6. The lowest BCUT2D eigenvalue weighted by Crippen LogP contribution is -2.39. The van der Waals surface area contributed by atoms with Crippen LogP contribution in [0.25, 0.3) is 10.9 Å². The van der Waals surface area contributed by atoms with Gasteiger partial charge in [-0.05, 0) is 57.6 Å². The number of anilines is 3. The van der Waals surface area contributed by atoms with Crippen molar-refractivity contribution >= 4 is 28.5 Å². The van der Waals surface area contributed by atoms with Crippen LogP contribution in [-0.2, 0) is 6.54 Å². The second-order valence-corrected chi connectivity index (χ2v) is 8.94. The van der Waals surface area contributed by atoms with Crippen LogP contribution in [0.3, 0.4) is 0 Å². The molecule has 0 unspecified atom stereocenters. The van der Waals surface area contributed by atoms with E-state index in [-0.39, 0.29) is 11.9 Å². The highest BCUT2D eigenvalue weighted by atomic mass is 19.1. The number of benzene rings is 1. The Bertz CT molecular complexity index is 1240. The molecule has 3 heterocycles. The van der Waals surface area contributed by atoms with Crippen LogP contribution in [-0.4, -0.2) is 61.9 Å². The van der Waals surface area contributed by atoms with Gasteiger partial charge in [-0.2, -0.15) is 15.2 Å². The average Bonchev–Trinajstić information content (AvgIpc) is 3.35. The van der Waals surface area contributed by atoms with Crippen LogP contribution in [0.15, 0.2) is 36.7 Å². The number of hydrogen-bond donors (Lipinski definition) is 3. The summed E-state index contributed by atoms with van der Waals surface area (Å²) in [4.78, 5) is 13.5. The predicted octanol–water partition coefficient (Wildman–Crippen LogP) is 3.79. The monoisotopic (exact) mass is 449 g/mol. The normalized spacial score (nSPS) is 14.7. The maximum Gasteiger partial charge on any atom is 0.227 e. The zero-order valence-corrected chi connectivity index (χ0v) is 19.0. The molecular formula is C23H28FN9. The topological polar surface area (TPSA) is 102 Å². The Kier molecular flexibility index (Phi) is 5.67. The minimum absolute atomic E-state index is 0.228. The summed E-state index contributed by atoms with van der Waals surface area (Å²) < 4.78 is 14.3. The third-order valence-electron chi connectivity index (χ3n) is 6.13. The third kappa shape index (κ3) is 4.80. The number of likely N-dealkylation sites (N-methyl/N-ethyl adjacent to an activating group) is 1. The first-order valence-electron chi connectivity index (χ1n) is 11.1. The van der Waals surface area contributed by atoms with Crippen LogP contribution in [0.2, 0.25) is 0 Å². The number of aromatic nitrogens is 6. The largest absolute Gasteiger partial charge is 0.335 e. The highest BCUT2D eigenvalue weighted by Crippen LogP contribution is 2.39. The zero-order valence-electron chi connectivity index (χ0n) is 19.0. The zero-order chi connectivity index (χ0) is 22.9. The van der Waals surface area contributed by atoms with E-state index in [1.54, 1.807) is 18.5 Å². The summed E-state index contributed by atoms with van der Waals surface area (Å²) in [6, 6.07) is 7.09. The van der Waals surface area contributed by atoms with Gasteiger partial charge in [-0.25, -0.2) is 9.37 Å². The van der Waals surface area contributed by atoms with Gasteiger partial charge in [0.25, 0.3) is 0 Å². The van der Waals surface area contributed by atoms with Crippen LogP contribution < -0.4 is 10.2 Å². The molecule has 1 fully saturated rings. The van der Waals surface area contributed by atoms with Crippen LogP contribution in [0.1, 0.15) is 36.9 Å². The van der Waals surface area contributed by atoms with Crippen molar-refractivity contribution in [3.8, 4) is 0 Å². The first-order valence-corrected chi connectivity index (χ1v) is 11.1. The molecule has 172 valence electrons. The number of H-pyrrole nitrogens is 2. The fraction of sp³-hybridized carbons (Fsp3) is 0.391. The third-order valence-corrected chi connectivity index (χ3v) is 6.13. The van der Waals surface area contributed by atoms with Gasteiger partial charge in [-0.1, -0.05) is 0 Å². The molecule has 3 aromatic heterocycles. The molecule has 0 radical (unpaired) electrons. The van der Waals surface area contributed by atoms with Gasteiger partial charge in [0, 0.05) is 48.4 Å². The number of halogens is 1. The maximum absolute atomic E-state index is 14.3. The van der Waals surface area contributed by atoms with E-state index in [1.807, 2.05) is 26.2 Å². The number of rotatable bonds is 9. The van der Waals surface area contributed by atoms with Gasteiger partial charge < -0.3 is 15.1 Å². The summed E-state index contributed by atoms with van der Waals surface area (Å²) in [6.07, 6.45) is 5.88. The molecule has 0 saturated heterocycles. The van der Waals surface area contributed by atoms with Crippen LogP contribution >= 0.6 is 0 Å². The van der Waals surface area contributed by atoms with E-state index in [4.69, 9.17) is 4.98 Å². The van der Waals surface area contributed by atoms with Gasteiger partial charge in [0.2, 0.25) is 5.95 Å². The molecule has 5 rings (SSSR count). The van der Waals surface area contributed by atoms with Crippen molar-refractivity contribution in [1.29, 1.82) is 0 Å². The van der Waals surface area contributed by atoms with Crippen LogP contribution in [0.5, 0.6) is 0 Å². The first kappa shape index (κ1) is 21.3. The average molecular weight is 450 g/mol. The molecule has 1 aromatic carbocycles. The SMILES string of the molecule is C[C@H](CN(Cc1cc(F)cc2[nH]ncc12)c1nccc(Nc2cc(C3CC3)[nH]n2)n1)N(C)C. The standard InChI is InChI=1S/C23H28FN9/c1-14(32(2)3)12-33(13-16-8-17(24)9-20-18(16)11-26-29-20)23-25-7-6-21(28-23)27-22-10-19(30-31-22)15-4-5-15/h6-11,14-15H,4-5,12-13H2,1-3H3,(H,26,29)(H2,25,27,28,30,31)/t14-/m1/s1. The highest BCUT2D eigenvalue weighted by molar-refractivity contribution is 5.82. The van der Waals surface area contributed by atoms with Gasteiger partial charge in [-0.15, -0.1) is 0 Å². The van der Waals surface area contributed by atoms with Gasteiger partial charge in [0.15, 0.2) is 5.82 Å². The minimum atomic E-state index is -0.302. The van der Waals surface area contributed by atoms with E-state index in [1.165, 1.54) is 18.9 Å². The molecule has 1 saturated carbocycles. The van der Waals surface area contributed by atoms with Gasteiger partial charge in [0.1, 0.15) is 11.6 Å². The molecule has 0 amide bonds. The fourth-order valence-electron chi connectivity index (χ4n) is 3.83. The molecule has 10 heteroatoms. The molecule has 0 bridgehead atoms. The Morgan fingerprint density at radius 1 is 1.18 bits per heavy atom. The van der Waals surface area contributed by atoms with E-state index >= 15 is 0 Å². The lowest BCUT2D eigenvalue weighted by atomic mass is 10.1. The van der Waals surface area contributed by atoms with Crippen molar-refractivity contribution in [2.75, 3.05) is 30.9 Å². The summed E-state index contributed by atoms with van der Waals surface area (Å²) in [5.41, 5.74) is 2.66. The fourth-order valence-corrected chi connectivity index (χ4v) is 3.83. The molecule has 1 aliphatic carbocycles. The Morgan fingerprint density at radius 3 is 2.82 bits per heavy atom. The van der Waals surface area contributed by atoms with Crippen molar-refractivity contribution < 1.29 is 4.39 Å². The summed E-state index contributed by atoms with van der Waals surface area (Å²) in [5.74, 6) is 2.25. The highest BCUT2D eigenvalue weighted by Gasteiger charge is 2.25. The van der Waals surface area contributed by atoms with E-state index in [9.17, 15) is 4.39 Å². The van der Waals surface area contributed by atoms with Crippen molar-refractivity contribution in [2.24, 2.45) is 0 Å². The number of hydrogen-bond acceptors (Lipinski definition) is 7. The Balaban J connectivity index is 1.43. The summed E-state index contributed by atoms with van der Waals surface area (Å²) >= 11 is 0. The van der Waals surface area contributed by atoms with E-state index in [2.05, 4.69) is 47.4 Å². The number of nitrogens with one attached hydrogen (secondary N) is 3. The summed E-state index contributed by atoms with van der Waals surface area (Å²) in [6.45, 7) is 3.25. The Hall–Kier alpha value is -3.53. The van der Waals surface area contributed by atoms with Crippen molar-refractivity contribution in [1.82, 2.24) is 35.3 Å². The van der Waals surface area contributed by atoms with Crippen molar-refractivity contribution in [2.45, 2.75) is 38.3 Å². The van der Waals surface area contributed by atoms with Crippen LogP contribution in [0.4, 0.5) is 22.0 Å². The van der Waals surface area contributed by atoms with Gasteiger partial charge in [-0.3, -0.25) is 10.2 Å². The lowest BCUT2D eigenvalue weighted by molar-refractivity contribution is 0.313. The first-order chi connectivity index (χ1) is 16.0. The summed E-state index contributed by atoms with van der Waals surface area (Å²) in [5, 5.41) is 18.6. The Labute approximate surface area is 191 Å². The van der Waals surface area contributed by atoms with Gasteiger partial charge >= 0.3 is 0 Å². The van der Waals surface area contributed by atoms with E-state index < -0.39 is 0 Å². The Morgan fingerprint density at radius 2 is 2.03 bits per heavy atom. The van der Waals surface area contributed by atoms with E-state index in [0.717, 1.165) is 22.5 Å². The lowest BCUT2D eigenvalue weighted by Gasteiger charge is -2.29. The molecule has 1 aliphatic rings. The van der Waals surface area contributed by atoms with Crippen LogP contribution in [0, 0.1) is 5.82 Å². The van der Waals surface area contributed by atoms with E-state index in [0.29, 0.717) is 36.3 Å². The van der Waals surface area contributed by atoms with Crippen molar-refractivity contribution in [3.63, 3.8) is 0 Å². The molecule has 3 N–H and O–H groups in total. The quantitative estimate of drug-likeness (QED) is 0.357. The molecule has 33 heavy (non-hydrogen) atoms. The molecule has 4 aromatic rings. The second-order valence-electron chi connectivity index (χ2n) is 8.94. The molecule has 0 spiro atoms. The number of aromatic amines is 2. The predicted molar refractivity (Wildman–Crippen MR) is 126 cm³/mol. The summed E-state index contributed by atoms with van der Waals surface area (Å²) in [7, 11) is 4.07. The van der Waals surface area contributed by atoms with Gasteiger partial charge in [0.05, 0.1) is 11.7 Å².